The van der Waals surface area contributed by atoms with E-state index in [9.17, 15) is 13.2 Å². The van der Waals surface area contributed by atoms with Crippen LogP contribution in [-0.2, 0) is 9.84 Å². The molecular weight excluding hydrogens is 372 g/mol. The van der Waals surface area contributed by atoms with Crippen molar-refractivity contribution in [1.82, 2.24) is 4.90 Å². The number of halogens is 1. The molecule has 1 amide bonds. The van der Waals surface area contributed by atoms with Gasteiger partial charge in [0.05, 0.1) is 9.92 Å². The van der Waals surface area contributed by atoms with Crippen LogP contribution in [0, 0.1) is 6.92 Å². The average molecular weight is 393 g/mol. The van der Waals surface area contributed by atoms with Gasteiger partial charge in [0.1, 0.15) is 0 Å². The fourth-order valence-electron chi connectivity index (χ4n) is 3.10. The van der Waals surface area contributed by atoms with Crippen molar-refractivity contribution in [2.75, 3.05) is 37.3 Å². The molecule has 5 nitrogen and oxygen atoms in total. The minimum atomic E-state index is -3.48. The first-order valence-corrected chi connectivity index (χ1v) is 10.6. The van der Waals surface area contributed by atoms with Crippen LogP contribution in [0.5, 0.6) is 0 Å². The van der Waals surface area contributed by atoms with E-state index in [-0.39, 0.29) is 15.8 Å². The second kappa shape index (κ2) is 7.29. The van der Waals surface area contributed by atoms with Crippen LogP contribution in [0.4, 0.5) is 5.69 Å². The van der Waals surface area contributed by atoms with E-state index in [4.69, 9.17) is 11.6 Å². The van der Waals surface area contributed by atoms with Crippen LogP contribution >= 0.6 is 11.6 Å². The third-order valence-electron chi connectivity index (χ3n) is 4.51. The second-order valence-electron chi connectivity index (χ2n) is 6.54. The van der Waals surface area contributed by atoms with Gasteiger partial charge in [-0.25, -0.2) is 8.42 Å². The van der Waals surface area contributed by atoms with Crippen molar-refractivity contribution in [1.29, 1.82) is 0 Å². The molecule has 2 aromatic carbocycles. The highest BCUT2D eigenvalue weighted by Crippen LogP contribution is 2.24. The molecule has 0 atom stereocenters. The number of amides is 1. The Bertz CT molecular complexity index is 936. The summed E-state index contributed by atoms with van der Waals surface area (Å²) in [6, 6.07) is 12.7. The van der Waals surface area contributed by atoms with Gasteiger partial charge in [-0.1, -0.05) is 23.7 Å². The van der Waals surface area contributed by atoms with Crippen LogP contribution < -0.4 is 4.90 Å². The zero-order valence-electron chi connectivity index (χ0n) is 14.8. The lowest BCUT2D eigenvalue weighted by molar-refractivity contribution is 0.0746. The third kappa shape index (κ3) is 4.02. The molecule has 138 valence electrons. The summed E-state index contributed by atoms with van der Waals surface area (Å²) in [6.07, 6.45) is 1.09. The van der Waals surface area contributed by atoms with E-state index in [0.29, 0.717) is 18.7 Å². The Kier molecular flexibility index (Phi) is 5.25. The van der Waals surface area contributed by atoms with Crippen molar-refractivity contribution in [2.45, 2.75) is 11.8 Å². The quantitative estimate of drug-likeness (QED) is 0.805. The number of carbonyl (C=O) groups excluding carboxylic acids is 1. The minimum Gasteiger partial charge on any atom is -0.368 e. The number of anilines is 1. The van der Waals surface area contributed by atoms with E-state index in [1.54, 1.807) is 11.0 Å². The number of aryl methyl sites for hydroxylation is 1. The lowest BCUT2D eigenvalue weighted by Gasteiger charge is -2.36. The van der Waals surface area contributed by atoms with Gasteiger partial charge in [-0.2, -0.15) is 0 Å². The molecule has 1 saturated heterocycles. The highest BCUT2D eigenvalue weighted by Gasteiger charge is 2.24. The van der Waals surface area contributed by atoms with E-state index >= 15 is 0 Å². The van der Waals surface area contributed by atoms with Crippen LogP contribution in [0.25, 0.3) is 0 Å². The van der Waals surface area contributed by atoms with Crippen molar-refractivity contribution < 1.29 is 13.2 Å². The van der Waals surface area contributed by atoms with Crippen LogP contribution in [0.1, 0.15) is 15.9 Å². The summed E-state index contributed by atoms with van der Waals surface area (Å²) in [5.41, 5.74) is 2.71. The fraction of sp³-hybridized carbons (Fsp3) is 0.316. The summed E-state index contributed by atoms with van der Waals surface area (Å²) in [6.45, 7) is 4.71. The van der Waals surface area contributed by atoms with E-state index in [1.165, 1.54) is 17.7 Å². The number of carbonyl (C=O) groups is 1. The molecule has 26 heavy (non-hydrogen) atoms. The van der Waals surface area contributed by atoms with Gasteiger partial charge < -0.3 is 9.80 Å². The predicted octanol–water partition coefficient (Wildman–Crippen LogP) is 3.01. The van der Waals surface area contributed by atoms with E-state index in [0.717, 1.165) is 25.0 Å². The standard InChI is InChI=1S/C19H21ClN2O3S/c1-14-4-3-5-16(12-14)21-8-10-22(11-9-21)19(23)15-6-7-17(20)18(13-15)26(2,24)25/h3-7,12-13H,8-11H2,1-2H3. The number of nitrogens with zero attached hydrogens (tertiary/aromatic N) is 2. The summed E-state index contributed by atoms with van der Waals surface area (Å²) in [5.74, 6) is -0.171. The van der Waals surface area contributed by atoms with Crippen molar-refractivity contribution in [3.63, 3.8) is 0 Å². The summed E-state index contributed by atoms with van der Waals surface area (Å²) in [4.78, 5) is 16.7. The molecule has 7 heteroatoms. The number of piperazine rings is 1. The van der Waals surface area contributed by atoms with Crippen molar-refractivity contribution in [3.8, 4) is 0 Å². The normalized spacial score (nSPS) is 15.2. The minimum absolute atomic E-state index is 0.0107. The molecule has 3 rings (SSSR count). The Morgan fingerprint density at radius 2 is 1.73 bits per heavy atom. The summed E-state index contributed by atoms with van der Waals surface area (Å²) in [7, 11) is -3.48. The van der Waals surface area contributed by atoms with Gasteiger partial charge in [0, 0.05) is 43.7 Å². The topological polar surface area (TPSA) is 57.7 Å². The summed E-state index contributed by atoms with van der Waals surface area (Å²) in [5, 5.41) is 0.133. The first kappa shape index (κ1) is 18.7. The zero-order valence-corrected chi connectivity index (χ0v) is 16.3. The number of rotatable bonds is 3. The zero-order chi connectivity index (χ0) is 18.9. The maximum atomic E-state index is 12.8. The van der Waals surface area contributed by atoms with E-state index in [1.807, 2.05) is 6.07 Å². The Morgan fingerprint density at radius 1 is 1.04 bits per heavy atom. The summed E-state index contributed by atoms with van der Waals surface area (Å²) < 4.78 is 23.6. The Hall–Kier alpha value is -2.05. The van der Waals surface area contributed by atoms with Gasteiger partial charge in [-0.15, -0.1) is 0 Å². The van der Waals surface area contributed by atoms with Gasteiger partial charge >= 0.3 is 0 Å². The fourth-order valence-corrected chi connectivity index (χ4v) is 4.40. The van der Waals surface area contributed by atoms with Crippen LogP contribution in [0.15, 0.2) is 47.4 Å². The molecule has 1 aliphatic heterocycles. The molecule has 2 aromatic rings. The SMILES string of the molecule is Cc1cccc(N2CCN(C(=O)c3ccc(Cl)c(S(C)(=O)=O)c3)CC2)c1. The smallest absolute Gasteiger partial charge is 0.254 e. The number of benzene rings is 2. The molecule has 1 aliphatic rings. The molecule has 0 bridgehead atoms. The van der Waals surface area contributed by atoms with Crippen LogP contribution in [0.2, 0.25) is 5.02 Å². The molecular formula is C19H21ClN2O3S. The Labute approximate surface area is 159 Å². The Morgan fingerprint density at radius 3 is 2.35 bits per heavy atom. The lowest BCUT2D eigenvalue weighted by Crippen LogP contribution is -2.48. The summed E-state index contributed by atoms with van der Waals surface area (Å²) >= 11 is 5.96. The molecule has 0 saturated carbocycles. The first-order valence-electron chi connectivity index (χ1n) is 8.36. The monoisotopic (exact) mass is 392 g/mol. The maximum Gasteiger partial charge on any atom is 0.254 e. The molecule has 1 fully saturated rings. The molecule has 0 unspecified atom stereocenters. The van der Waals surface area contributed by atoms with E-state index < -0.39 is 9.84 Å². The maximum absolute atomic E-state index is 12.8. The molecule has 0 N–H and O–H groups in total. The van der Waals surface area contributed by atoms with Crippen molar-refractivity contribution in [3.05, 3.63) is 58.6 Å². The molecule has 0 aliphatic carbocycles. The number of hydrogen-bond donors (Lipinski definition) is 0. The largest absolute Gasteiger partial charge is 0.368 e. The molecule has 0 radical (unpaired) electrons. The van der Waals surface area contributed by atoms with Crippen LogP contribution in [0.3, 0.4) is 0 Å². The van der Waals surface area contributed by atoms with Gasteiger partial charge in [0.15, 0.2) is 9.84 Å². The van der Waals surface area contributed by atoms with Crippen molar-refractivity contribution in [2.24, 2.45) is 0 Å². The van der Waals surface area contributed by atoms with E-state index in [2.05, 4.69) is 30.0 Å². The highest BCUT2D eigenvalue weighted by atomic mass is 35.5. The molecule has 0 spiro atoms. The second-order valence-corrected chi connectivity index (χ2v) is 8.93. The van der Waals surface area contributed by atoms with Gasteiger partial charge in [0.2, 0.25) is 0 Å². The average Bonchev–Trinajstić information content (AvgIpc) is 2.61. The Balaban J connectivity index is 1.73. The van der Waals surface area contributed by atoms with Gasteiger partial charge in [-0.05, 0) is 42.8 Å². The van der Waals surface area contributed by atoms with Gasteiger partial charge in [-0.3, -0.25) is 4.79 Å². The number of sulfone groups is 1. The van der Waals surface area contributed by atoms with Gasteiger partial charge in [0.25, 0.3) is 5.91 Å². The van der Waals surface area contributed by atoms with Crippen LogP contribution in [-0.4, -0.2) is 51.7 Å². The lowest BCUT2D eigenvalue weighted by atomic mass is 10.1. The first-order chi connectivity index (χ1) is 12.3. The van der Waals surface area contributed by atoms with Crippen molar-refractivity contribution >= 4 is 33.0 Å². The third-order valence-corrected chi connectivity index (χ3v) is 6.09. The molecule has 1 heterocycles. The predicted molar refractivity (Wildman–Crippen MR) is 104 cm³/mol. The highest BCUT2D eigenvalue weighted by molar-refractivity contribution is 7.90. The number of hydrogen-bond acceptors (Lipinski definition) is 4. The molecule has 0 aromatic heterocycles.